The van der Waals surface area contributed by atoms with Crippen LogP contribution in [0, 0.1) is 17.6 Å². The van der Waals surface area contributed by atoms with E-state index in [9.17, 15) is 13.9 Å². The molecule has 3 atom stereocenters. The molecule has 1 aliphatic rings. The third-order valence-electron chi connectivity index (χ3n) is 3.13. The fourth-order valence-electron chi connectivity index (χ4n) is 2.11. The molecule has 2 rings (SSSR count). The highest BCUT2D eigenvalue weighted by molar-refractivity contribution is 5.21. The maximum atomic E-state index is 13.0. The van der Waals surface area contributed by atoms with Crippen molar-refractivity contribution in [2.75, 3.05) is 6.61 Å². The molecule has 3 unspecified atom stereocenters. The number of halogens is 2. The van der Waals surface area contributed by atoms with Crippen LogP contribution in [0.25, 0.3) is 0 Å². The van der Waals surface area contributed by atoms with E-state index in [2.05, 4.69) is 0 Å². The summed E-state index contributed by atoms with van der Waals surface area (Å²) in [6, 6.07) is 3.49. The average molecular weight is 228 g/mol. The number of rotatable bonds is 2. The van der Waals surface area contributed by atoms with Crippen molar-refractivity contribution in [2.24, 2.45) is 5.92 Å². The topological polar surface area (TPSA) is 29.5 Å². The Bertz CT molecular complexity index is 381. The van der Waals surface area contributed by atoms with Crippen molar-refractivity contribution in [1.29, 1.82) is 0 Å². The maximum Gasteiger partial charge on any atom is 0.159 e. The van der Waals surface area contributed by atoms with Crippen LogP contribution in [0.1, 0.15) is 25.0 Å². The zero-order chi connectivity index (χ0) is 11.7. The summed E-state index contributed by atoms with van der Waals surface area (Å²) in [7, 11) is 0. The second-order valence-corrected chi connectivity index (χ2v) is 4.15. The zero-order valence-electron chi connectivity index (χ0n) is 8.99. The van der Waals surface area contributed by atoms with Gasteiger partial charge in [-0.25, -0.2) is 8.78 Å². The monoisotopic (exact) mass is 228 g/mol. The Labute approximate surface area is 92.9 Å². The summed E-state index contributed by atoms with van der Waals surface area (Å²) in [4.78, 5) is 0. The van der Waals surface area contributed by atoms with Gasteiger partial charge in [0.1, 0.15) is 0 Å². The van der Waals surface area contributed by atoms with Crippen molar-refractivity contribution in [1.82, 2.24) is 0 Å². The van der Waals surface area contributed by atoms with Gasteiger partial charge in [0.25, 0.3) is 0 Å². The number of benzene rings is 1. The van der Waals surface area contributed by atoms with Gasteiger partial charge in [-0.15, -0.1) is 0 Å². The first-order valence-electron chi connectivity index (χ1n) is 5.34. The largest absolute Gasteiger partial charge is 0.388 e. The van der Waals surface area contributed by atoms with E-state index in [4.69, 9.17) is 4.74 Å². The smallest absolute Gasteiger partial charge is 0.159 e. The summed E-state index contributed by atoms with van der Waals surface area (Å²) in [6.07, 6.45) is -0.114. The summed E-state index contributed by atoms with van der Waals surface area (Å²) in [5.41, 5.74) is 0.404. The fraction of sp³-hybridized carbons (Fsp3) is 0.500. The zero-order valence-corrected chi connectivity index (χ0v) is 8.99. The lowest BCUT2D eigenvalue weighted by Gasteiger charge is -2.21. The summed E-state index contributed by atoms with van der Waals surface area (Å²) in [5.74, 6) is -1.88. The normalized spacial score (nSPS) is 27.0. The lowest BCUT2D eigenvalue weighted by Crippen LogP contribution is -2.20. The van der Waals surface area contributed by atoms with Crippen molar-refractivity contribution in [3.8, 4) is 0 Å². The molecule has 0 saturated carbocycles. The van der Waals surface area contributed by atoms with Gasteiger partial charge in [0, 0.05) is 12.5 Å². The molecule has 0 radical (unpaired) electrons. The third kappa shape index (κ3) is 2.08. The van der Waals surface area contributed by atoms with Crippen molar-refractivity contribution in [3.05, 3.63) is 35.4 Å². The molecule has 0 amide bonds. The molecule has 2 nitrogen and oxygen atoms in total. The second kappa shape index (κ2) is 4.47. The van der Waals surface area contributed by atoms with Crippen molar-refractivity contribution in [2.45, 2.75) is 25.6 Å². The fourth-order valence-corrected chi connectivity index (χ4v) is 2.11. The number of ether oxygens (including phenoxy) is 1. The minimum absolute atomic E-state index is 0.0511. The summed E-state index contributed by atoms with van der Waals surface area (Å²) in [6.45, 7) is 2.48. The van der Waals surface area contributed by atoms with Crippen LogP contribution in [-0.4, -0.2) is 17.8 Å². The highest BCUT2D eigenvalue weighted by atomic mass is 19.2. The predicted molar refractivity (Wildman–Crippen MR) is 54.8 cm³/mol. The molecule has 1 N–H and O–H groups in total. The van der Waals surface area contributed by atoms with Crippen LogP contribution < -0.4 is 0 Å². The van der Waals surface area contributed by atoms with Crippen LogP contribution in [0.5, 0.6) is 0 Å². The third-order valence-corrected chi connectivity index (χ3v) is 3.13. The van der Waals surface area contributed by atoms with E-state index in [1.54, 1.807) is 0 Å². The number of hydrogen-bond acceptors (Lipinski definition) is 2. The van der Waals surface area contributed by atoms with E-state index in [0.717, 1.165) is 18.6 Å². The molecule has 4 heteroatoms. The van der Waals surface area contributed by atoms with Gasteiger partial charge < -0.3 is 9.84 Å². The quantitative estimate of drug-likeness (QED) is 0.842. The first kappa shape index (κ1) is 11.5. The molecule has 1 fully saturated rings. The summed E-state index contributed by atoms with van der Waals surface area (Å²) < 4.78 is 31.1. The Balaban J connectivity index is 2.20. The molecule has 0 bridgehead atoms. The first-order valence-corrected chi connectivity index (χ1v) is 5.34. The van der Waals surface area contributed by atoms with E-state index in [0.29, 0.717) is 12.2 Å². The lowest BCUT2D eigenvalue weighted by molar-refractivity contribution is 0.0429. The standard InChI is InChI=1S/C12H14F2O2/c1-7-9(4-5-16-7)12(15)8-2-3-10(13)11(14)6-8/h2-3,6-7,9,12,15H,4-5H2,1H3. The van der Waals surface area contributed by atoms with E-state index in [1.807, 2.05) is 6.92 Å². The molecular formula is C12H14F2O2. The van der Waals surface area contributed by atoms with Crippen molar-refractivity contribution >= 4 is 0 Å². The highest BCUT2D eigenvalue weighted by Gasteiger charge is 2.31. The molecule has 1 aromatic rings. The van der Waals surface area contributed by atoms with Gasteiger partial charge in [0.2, 0.25) is 0 Å². The Morgan fingerprint density at radius 3 is 2.69 bits per heavy atom. The Morgan fingerprint density at radius 2 is 2.12 bits per heavy atom. The first-order chi connectivity index (χ1) is 7.59. The van der Waals surface area contributed by atoms with Gasteiger partial charge in [-0.2, -0.15) is 0 Å². The molecule has 1 aromatic carbocycles. The van der Waals surface area contributed by atoms with Crippen molar-refractivity contribution < 1.29 is 18.6 Å². The van der Waals surface area contributed by atoms with Gasteiger partial charge in [-0.1, -0.05) is 6.07 Å². The molecule has 1 saturated heterocycles. The van der Waals surface area contributed by atoms with E-state index < -0.39 is 17.7 Å². The molecule has 0 spiro atoms. The molecule has 0 aromatic heterocycles. The maximum absolute atomic E-state index is 13.0. The van der Waals surface area contributed by atoms with E-state index in [-0.39, 0.29) is 12.0 Å². The van der Waals surface area contributed by atoms with Crippen LogP contribution in [-0.2, 0) is 4.74 Å². The van der Waals surface area contributed by atoms with Crippen LogP contribution in [0.3, 0.4) is 0 Å². The van der Waals surface area contributed by atoms with E-state index in [1.165, 1.54) is 6.07 Å². The number of aliphatic hydroxyl groups excluding tert-OH is 1. The van der Waals surface area contributed by atoms with Gasteiger partial charge in [0.05, 0.1) is 12.2 Å². The number of hydrogen-bond donors (Lipinski definition) is 1. The van der Waals surface area contributed by atoms with Gasteiger partial charge in [0.15, 0.2) is 11.6 Å². The second-order valence-electron chi connectivity index (χ2n) is 4.15. The molecule has 88 valence electrons. The Kier molecular flexibility index (Phi) is 3.21. The van der Waals surface area contributed by atoms with Crippen LogP contribution in [0.15, 0.2) is 18.2 Å². The molecule has 1 aliphatic heterocycles. The predicted octanol–water partition coefficient (Wildman–Crippen LogP) is 2.42. The van der Waals surface area contributed by atoms with Crippen LogP contribution in [0.4, 0.5) is 8.78 Å². The molecule has 1 heterocycles. The van der Waals surface area contributed by atoms with Gasteiger partial charge in [-0.05, 0) is 31.0 Å². The van der Waals surface area contributed by atoms with Crippen molar-refractivity contribution in [3.63, 3.8) is 0 Å². The number of aliphatic hydroxyl groups is 1. The van der Waals surface area contributed by atoms with E-state index >= 15 is 0 Å². The minimum Gasteiger partial charge on any atom is -0.388 e. The van der Waals surface area contributed by atoms with Crippen LogP contribution in [0.2, 0.25) is 0 Å². The van der Waals surface area contributed by atoms with Gasteiger partial charge in [-0.3, -0.25) is 0 Å². The summed E-state index contributed by atoms with van der Waals surface area (Å²) >= 11 is 0. The highest BCUT2D eigenvalue weighted by Crippen LogP contribution is 2.33. The Hall–Kier alpha value is -1.00. The van der Waals surface area contributed by atoms with Gasteiger partial charge >= 0.3 is 0 Å². The molecular weight excluding hydrogens is 214 g/mol. The lowest BCUT2D eigenvalue weighted by atomic mass is 9.91. The minimum atomic E-state index is -0.928. The molecule has 0 aliphatic carbocycles. The SMILES string of the molecule is CC1OCCC1C(O)c1ccc(F)c(F)c1. The molecule has 16 heavy (non-hydrogen) atoms. The van der Waals surface area contributed by atoms with Crippen LogP contribution >= 0.6 is 0 Å². The summed E-state index contributed by atoms with van der Waals surface area (Å²) in [5, 5.41) is 10.0. The Morgan fingerprint density at radius 1 is 1.38 bits per heavy atom. The average Bonchev–Trinajstić information content (AvgIpc) is 2.67.